The highest BCUT2D eigenvalue weighted by molar-refractivity contribution is 4.74. The third-order valence-corrected chi connectivity index (χ3v) is 1.54. The Morgan fingerprint density at radius 1 is 1.43 bits per heavy atom. The number of aliphatic hydroxyl groups is 3. The number of alkyl halides is 1. The molecular weight excluding hydrogens is 191 g/mol. The van der Waals surface area contributed by atoms with Crippen molar-refractivity contribution in [1.82, 2.24) is 0 Å². The summed E-state index contributed by atoms with van der Waals surface area (Å²) in [5.74, 6) is -1.50. The zero-order chi connectivity index (χ0) is 11.2. The molecule has 0 amide bonds. The minimum Gasteiger partial charge on any atom is -0.396 e. The van der Waals surface area contributed by atoms with Crippen molar-refractivity contribution in [3.8, 4) is 0 Å². The van der Waals surface area contributed by atoms with Crippen molar-refractivity contribution in [2.45, 2.75) is 44.8 Å². The molecular formula is C9H19FO4. The molecule has 5 heteroatoms. The highest BCUT2D eigenvalue weighted by atomic mass is 19.1. The van der Waals surface area contributed by atoms with E-state index in [-0.39, 0.29) is 12.7 Å². The molecule has 14 heavy (non-hydrogen) atoms. The van der Waals surface area contributed by atoms with Gasteiger partial charge in [0.05, 0.1) is 6.10 Å². The Hall–Kier alpha value is -0.230. The van der Waals surface area contributed by atoms with E-state index in [1.54, 1.807) is 0 Å². The zero-order valence-corrected chi connectivity index (χ0v) is 8.61. The van der Waals surface area contributed by atoms with Gasteiger partial charge in [-0.05, 0) is 20.3 Å². The summed E-state index contributed by atoms with van der Waals surface area (Å²) >= 11 is 0. The van der Waals surface area contributed by atoms with Crippen LogP contribution in [0.5, 0.6) is 0 Å². The SMILES string of the molecule is CC(C)(O)O.OCCC1OCC[C@H]1F. The number of aliphatic hydroxyl groups excluding tert-OH is 1. The van der Waals surface area contributed by atoms with Crippen molar-refractivity contribution in [3.63, 3.8) is 0 Å². The smallest absolute Gasteiger partial charge is 0.156 e. The molecule has 4 nitrogen and oxygen atoms in total. The first kappa shape index (κ1) is 13.8. The van der Waals surface area contributed by atoms with Crippen LogP contribution >= 0.6 is 0 Å². The van der Waals surface area contributed by atoms with Crippen LogP contribution in [0, 0.1) is 0 Å². The molecule has 86 valence electrons. The van der Waals surface area contributed by atoms with E-state index >= 15 is 0 Å². The van der Waals surface area contributed by atoms with Crippen LogP contribution in [0.25, 0.3) is 0 Å². The van der Waals surface area contributed by atoms with Crippen molar-refractivity contribution < 1.29 is 24.4 Å². The molecule has 1 unspecified atom stereocenters. The largest absolute Gasteiger partial charge is 0.396 e. The van der Waals surface area contributed by atoms with Crippen LogP contribution in [0.1, 0.15) is 26.7 Å². The Bertz CT molecular complexity index is 140. The van der Waals surface area contributed by atoms with Crippen LogP contribution in [0.2, 0.25) is 0 Å². The van der Waals surface area contributed by atoms with Crippen LogP contribution in [-0.4, -0.2) is 46.6 Å². The molecule has 0 aromatic heterocycles. The summed E-state index contributed by atoms with van der Waals surface area (Å²) in [5, 5.41) is 24.6. The van der Waals surface area contributed by atoms with Gasteiger partial charge in [0, 0.05) is 19.6 Å². The van der Waals surface area contributed by atoms with E-state index < -0.39 is 12.0 Å². The molecule has 1 fully saturated rings. The number of halogens is 1. The normalized spacial score (nSPS) is 27.0. The van der Waals surface area contributed by atoms with E-state index in [1.807, 2.05) is 0 Å². The number of hydrogen-bond acceptors (Lipinski definition) is 4. The van der Waals surface area contributed by atoms with Crippen LogP contribution < -0.4 is 0 Å². The Morgan fingerprint density at radius 3 is 2.21 bits per heavy atom. The highest BCUT2D eigenvalue weighted by Gasteiger charge is 2.26. The fourth-order valence-electron chi connectivity index (χ4n) is 1.01. The van der Waals surface area contributed by atoms with Gasteiger partial charge in [0.25, 0.3) is 0 Å². The van der Waals surface area contributed by atoms with Gasteiger partial charge in [0.1, 0.15) is 6.17 Å². The maximum absolute atomic E-state index is 12.5. The van der Waals surface area contributed by atoms with Gasteiger partial charge in [-0.3, -0.25) is 0 Å². The Morgan fingerprint density at radius 2 is 1.93 bits per heavy atom. The van der Waals surface area contributed by atoms with Gasteiger partial charge in [-0.15, -0.1) is 0 Å². The maximum Gasteiger partial charge on any atom is 0.156 e. The van der Waals surface area contributed by atoms with Crippen molar-refractivity contribution in [1.29, 1.82) is 0 Å². The minimum atomic E-state index is -1.50. The van der Waals surface area contributed by atoms with Gasteiger partial charge in [-0.2, -0.15) is 0 Å². The lowest BCUT2D eigenvalue weighted by Gasteiger charge is -2.08. The lowest BCUT2D eigenvalue weighted by Crippen LogP contribution is -2.17. The standard InChI is InChI=1S/C6H11FO2.C3H8O2/c7-5-2-4-9-6(5)1-3-8;1-3(2,4)5/h5-6,8H,1-4H2;4-5H,1-2H3/t5-,6?;/m1./s1. The van der Waals surface area contributed by atoms with Gasteiger partial charge in [0.15, 0.2) is 5.79 Å². The maximum atomic E-state index is 12.5. The first-order valence-corrected chi connectivity index (χ1v) is 4.66. The molecule has 0 aromatic carbocycles. The summed E-state index contributed by atoms with van der Waals surface area (Å²) in [4.78, 5) is 0. The van der Waals surface area contributed by atoms with E-state index in [9.17, 15) is 4.39 Å². The molecule has 1 saturated heterocycles. The van der Waals surface area contributed by atoms with E-state index in [0.717, 1.165) is 0 Å². The van der Waals surface area contributed by atoms with E-state index in [1.165, 1.54) is 13.8 Å². The summed E-state index contributed by atoms with van der Waals surface area (Å²) in [5.41, 5.74) is 0. The van der Waals surface area contributed by atoms with Crippen LogP contribution in [0.4, 0.5) is 4.39 Å². The van der Waals surface area contributed by atoms with Gasteiger partial charge in [0.2, 0.25) is 0 Å². The van der Waals surface area contributed by atoms with Crippen molar-refractivity contribution in [2.24, 2.45) is 0 Å². The molecule has 3 N–H and O–H groups in total. The van der Waals surface area contributed by atoms with Gasteiger partial charge < -0.3 is 20.1 Å². The summed E-state index contributed by atoms with van der Waals surface area (Å²) in [6.07, 6.45) is -0.265. The fourth-order valence-corrected chi connectivity index (χ4v) is 1.01. The molecule has 1 aliphatic rings. The Labute approximate surface area is 83.3 Å². The van der Waals surface area contributed by atoms with Crippen molar-refractivity contribution in [2.75, 3.05) is 13.2 Å². The Kier molecular flexibility index (Phi) is 6.19. The third kappa shape index (κ3) is 8.37. The first-order valence-electron chi connectivity index (χ1n) is 4.66. The third-order valence-electron chi connectivity index (χ3n) is 1.54. The Balaban J connectivity index is 0.000000292. The topological polar surface area (TPSA) is 69.9 Å². The lowest BCUT2D eigenvalue weighted by atomic mass is 10.1. The average Bonchev–Trinajstić information content (AvgIpc) is 2.34. The predicted octanol–water partition coefficient (Wildman–Crippen LogP) is 0.203. The van der Waals surface area contributed by atoms with E-state index in [2.05, 4.69) is 0 Å². The molecule has 0 spiro atoms. The van der Waals surface area contributed by atoms with Crippen molar-refractivity contribution >= 4 is 0 Å². The van der Waals surface area contributed by atoms with Crippen LogP contribution in [-0.2, 0) is 4.74 Å². The highest BCUT2D eigenvalue weighted by Crippen LogP contribution is 2.18. The number of rotatable bonds is 2. The quantitative estimate of drug-likeness (QED) is 0.570. The van der Waals surface area contributed by atoms with E-state index in [0.29, 0.717) is 19.4 Å². The lowest BCUT2D eigenvalue weighted by molar-refractivity contribution is -0.127. The molecule has 1 aliphatic heterocycles. The first-order chi connectivity index (χ1) is 6.34. The molecule has 1 rings (SSSR count). The number of hydrogen-bond donors (Lipinski definition) is 3. The second-order valence-electron chi connectivity index (χ2n) is 3.72. The summed E-state index contributed by atoms with van der Waals surface area (Å²) in [6, 6.07) is 0. The van der Waals surface area contributed by atoms with Crippen LogP contribution in [0.15, 0.2) is 0 Å². The molecule has 0 bridgehead atoms. The second kappa shape index (κ2) is 6.29. The summed E-state index contributed by atoms with van der Waals surface area (Å²) in [6.45, 7) is 3.12. The summed E-state index contributed by atoms with van der Waals surface area (Å²) < 4.78 is 17.5. The fraction of sp³-hybridized carbons (Fsp3) is 1.00. The van der Waals surface area contributed by atoms with E-state index in [4.69, 9.17) is 20.1 Å². The molecule has 1 heterocycles. The van der Waals surface area contributed by atoms with Gasteiger partial charge in [-0.25, -0.2) is 4.39 Å². The van der Waals surface area contributed by atoms with Crippen LogP contribution in [0.3, 0.4) is 0 Å². The molecule has 0 aliphatic carbocycles. The predicted molar refractivity (Wildman–Crippen MR) is 49.5 cm³/mol. The molecule has 0 aromatic rings. The summed E-state index contributed by atoms with van der Waals surface area (Å²) in [7, 11) is 0. The molecule has 0 radical (unpaired) electrons. The molecule has 0 saturated carbocycles. The average molecular weight is 210 g/mol. The van der Waals surface area contributed by atoms with Crippen molar-refractivity contribution in [3.05, 3.63) is 0 Å². The minimum absolute atomic E-state index is 0.0189. The molecule has 2 atom stereocenters. The monoisotopic (exact) mass is 210 g/mol. The van der Waals surface area contributed by atoms with Gasteiger partial charge in [-0.1, -0.05) is 0 Å². The van der Waals surface area contributed by atoms with Gasteiger partial charge >= 0.3 is 0 Å². The number of ether oxygens (including phenoxy) is 1. The second-order valence-corrected chi connectivity index (χ2v) is 3.72. The zero-order valence-electron chi connectivity index (χ0n) is 8.61.